The first-order chi connectivity index (χ1) is 5.81. The van der Waals surface area contributed by atoms with Crippen molar-refractivity contribution < 1.29 is 0 Å². The Balaban J connectivity index is 2.80. The lowest BCUT2D eigenvalue weighted by Gasteiger charge is -1.99. The average molecular weight is 185 g/mol. The quantitative estimate of drug-likeness (QED) is 0.687. The highest BCUT2D eigenvalue weighted by Crippen LogP contribution is 2.07. The van der Waals surface area contributed by atoms with E-state index in [9.17, 15) is 0 Å². The molecule has 0 unspecified atom stereocenters. The highest BCUT2D eigenvalue weighted by atomic mass is 35.5. The summed E-state index contributed by atoms with van der Waals surface area (Å²) < 4.78 is 1.46. The van der Waals surface area contributed by atoms with Crippen molar-refractivity contribution in [3.63, 3.8) is 0 Å². The molecular formula is C5H5ClN6. The van der Waals surface area contributed by atoms with E-state index >= 15 is 0 Å². The van der Waals surface area contributed by atoms with E-state index in [1.807, 2.05) is 0 Å². The predicted octanol–water partition coefficient (Wildman–Crippen LogP) is 0.214. The molecule has 0 aliphatic rings. The molecule has 12 heavy (non-hydrogen) atoms. The topological polar surface area (TPSA) is 68.0 Å². The fraction of sp³-hybridized carbons (Fsp3) is 0.200. The van der Waals surface area contributed by atoms with Gasteiger partial charge in [-0.25, -0.2) is 0 Å². The number of anilines is 1. The molecule has 0 aliphatic heterocycles. The summed E-state index contributed by atoms with van der Waals surface area (Å²) in [7, 11) is 1.72. The summed E-state index contributed by atoms with van der Waals surface area (Å²) in [6.07, 6.45) is 1.39. The SMILES string of the molecule is CNc1nc(Cl)nc2ncnn12. The number of rotatable bonds is 1. The van der Waals surface area contributed by atoms with Crippen molar-refractivity contribution in [2.75, 3.05) is 12.4 Å². The highest BCUT2D eigenvalue weighted by Gasteiger charge is 2.04. The summed E-state index contributed by atoms with van der Waals surface area (Å²) in [5, 5.41) is 6.86. The molecule has 7 heteroatoms. The molecule has 0 bridgehead atoms. The minimum Gasteiger partial charge on any atom is -0.357 e. The molecule has 0 saturated heterocycles. The Morgan fingerprint density at radius 2 is 2.33 bits per heavy atom. The van der Waals surface area contributed by atoms with E-state index in [1.165, 1.54) is 10.8 Å². The van der Waals surface area contributed by atoms with Crippen LogP contribution in [0.25, 0.3) is 5.78 Å². The van der Waals surface area contributed by atoms with Gasteiger partial charge in [-0.05, 0) is 11.6 Å². The van der Waals surface area contributed by atoms with Crippen LogP contribution in [0.4, 0.5) is 5.95 Å². The zero-order valence-corrected chi connectivity index (χ0v) is 6.95. The molecule has 0 amide bonds. The molecule has 0 aromatic carbocycles. The third-order valence-electron chi connectivity index (χ3n) is 1.34. The molecule has 0 radical (unpaired) electrons. The lowest BCUT2D eigenvalue weighted by Crippen LogP contribution is -2.04. The smallest absolute Gasteiger partial charge is 0.258 e. The molecule has 0 aliphatic carbocycles. The van der Waals surface area contributed by atoms with Gasteiger partial charge >= 0.3 is 0 Å². The van der Waals surface area contributed by atoms with Gasteiger partial charge in [-0.15, -0.1) is 0 Å². The summed E-state index contributed by atoms with van der Waals surface area (Å²) in [6.45, 7) is 0. The van der Waals surface area contributed by atoms with Crippen LogP contribution in [0.2, 0.25) is 5.28 Å². The maximum Gasteiger partial charge on any atom is 0.258 e. The molecule has 0 saturated carbocycles. The summed E-state index contributed by atoms with van der Waals surface area (Å²) in [5.74, 6) is 0.946. The van der Waals surface area contributed by atoms with Crippen LogP contribution in [-0.4, -0.2) is 31.6 Å². The number of nitrogens with zero attached hydrogens (tertiary/aromatic N) is 5. The van der Waals surface area contributed by atoms with E-state index < -0.39 is 0 Å². The van der Waals surface area contributed by atoms with E-state index in [0.29, 0.717) is 11.7 Å². The number of hydrogen-bond donors (Lipinski definition) is 1. The zero-order chi connectivity index (χ0) is 8.55. The van der Waals surface area contributed by atoms with Crippen LogP contribution in [0.15, 0.2) is 6.33 Å². The van der Waals surface area contributed by atoms with Gasteiger partial charge in [-0.1, -0.05) is 0 Å². The standard InChI is InChI=1S/C5H5ClN6/c1-7-4-10-3(6)11-5-8-2-9-12(4)5/h2H,1H3,(H,7,8,9,10,11). The number of fused-ring (bicyclic) bond motifs is 1. The lowest BCUT2D eigenvalue weighted by molar-refractivity contribution is 0.898. The van der Waals surface area contributed by atoms with Gasteiger partial charge in [-0.2, -0.15) is 24.6 Å². The summed E-state index contributed by atoms with van der Waals surface area (Å²) in [4.78, 5) is 11.6. The zero-order valence-electron chi connectivity index (χ0n) is 6.19. The van der Waals surface area contributed by atoms with Gasteiger partial charge in [0.25, 0.3) is 5.78 Å². The molecule has 2 aromatic rings. The average Bonchev–Trinajstić information content (AvgIpc) is 2.50. The van der Waals surface area contributed by atoms with Crippen molar-refractivity contribution in [1.29, 1.82) is 0 Å². The minimum absolute atomic E-state index is 0.153. The maximum absolute atomic E-state index is 5.62. The molecule has 0 fully saturated rings. The van der Waals surface area contributed by atoms with Crippen LogP contribution < -0.4 is 5.32 Å². The first kappa shape index (κ1) is 7.23. The van der Waals surface area contributed by atoms with Crippen LogP contribution in [0, 0.1) is 0 Å². The van der Waals surface area contributed by atoms with Crippen molar-refractivity contribution in [1.82, 2.24) is 24.6 Å². The van der Waals surface area contributed by atoms with Gasteiger partial charge in [0.15, 0.2) is 0 Å². The Kier molecular flexibility index (Phi) is 1.54. The Morgan fingerprint density at radius 1 is 1.50 bits per heavy atom. The van der Waals surface area contributed by atoms with Crippen LogP contribution >= 0.6 is 11.6 Å². The van der Waals surface area contributed by atoms with E-state index in [0.717, 1.165) is 0 Å². The first-order valence-electron chi connectivity index (χ1n) is 3.22. The summed E-state index contributed by atoms with van der Waals surface area (Å²) in [5.41, 5.74) is 0. The van der Waals surface area contributed by atoms with Gasteiger partial charge in [0.2, 0.25) is 11.2 Å². The normalized spacial score (nSPS) is 10.5. The Bertz CT molecular complexity index is 409. The first-order valence-corrected chi connectivity index (χ1v) is 3.60. The van der Waals surface area contributed by atoms with E-state index in [4.69, 9.17) is 11.6 Å². The predicted molar refractivity (Wildman–Crippen MR) is 43.1 cm³/mol. The summed E-state index contributed by atoms with van der Waals surface area (Å²) in [6, 6.07) is 0. The van der Waals surface area contributed by atoms with Crippen molar-refractivity contribution in [3.8, 4) is 0 Å². The maximum atomic E-state index is 5.62. The molecule has 2 aromatic heterocycles. The van der Waals surface area contributed by atoms with Crippen LogP contribution in [0.3, 0.4) is 0 Å². The second kappa shape index (κ2) is 2.56. The highest BCUT2D eigenvalue weighted by molar-refractivity contribution is 6.28. The fourth-order valence-electron chi connectivity index (χ4n) is 0.865. The van der Waals surface area contributed by atoms with Crippen LogP contribution in [-0.2, 0) is 0 Å². The molecular weight excluding hydrogens is 180 g/mol. The number of halogens is 1. The Hall–Kier alpha value is -1.43. The van der Waals surface area contributed by atoms with Gasteiger partial charge in [-0.3, -0.25) is 0 Å². The van der Waals surface area contributed by atoms with Crippen molar-refractivity contribution in [2.24, 2.45) is 0 Å². The van der Waals surface area contributed by atoms with Crippen molar-refractivity contribution >= 4 is 23.3 Å². The van der Waals surface area contributed by atoms with Crippen molar-refractivity contribution in [3.05, 3.63) is 11.6 Å². The van der Waals surface area contributed by atoms with Gasteiger partial charge in [0.05, 0.1) is 0 Å². The second-order valence-electron chi connectivity index (χ2n) is 2.04. The molecule has 0 spiro atoms. The van der Waals surface area contributed by atoms with Crippen molar-refractivity contribution in [2.45, 2.75) is 0 Å². The van der Waals surface area contributed by atoms with E-state index in [-0.39, 0.29) is 5.28 Å². The molecule has 2 heterocycles. The fourth-order valence-corrected chi connectivity index (χ4v) is 1.02. The number of hydrogen-bond acceptors (Lipinski definition) is 5. The van der Waals surface area contributed by atoms with Crippen LogP contribution in [0.5, 0.6) is 0 Å². The molecule has 6 nitrogen and oxygen atoms in total. The minimum atomic E-state index is 0.153. The monoisotopic (exact) mass is 184 g/mol. The third kappa shape index (κ3) is 0.964. The molecule has 0 atom stereocenters. The number of aromatic nitrogens is 5. The van der Waals surface area contributed by atoms with E-state index in [1.54, 1.807) is 7.05 Å². The molecule has 62 valence electrons. The van der Waals surface area contributed by atoms with Gasteiger partial charge in [0, 0.05) is 7.05 Å². The Labute approximate surface area is 72.6 Å². The molecule has 1 N–H and O–H groups in total. The summed E-state index contributed by atoms with van der Waals surface area (Å²) >= 11 is 5.62. The number of nitrogens with one attached hydrogen (secondary N) is 1. The third-order valence-corrected chi connectivity index (χ3v) is 1.51. The lowest BCUT2D eigenvalue weighted by atomic mass is 10.9. The molecule has 2 rings (SSSR count). The van der Waals surface area contributed by atoms with E-state index in [2.05, 4.69) is 25.4 Å². The largest absolute Gasteiger partial charge is 0.357 e. The van der Waals surface area contributed by atoms with Crippen LogP contribution in [0.1, 0.15) is 0 Å². The second-order valence-corrected chi connectivity index (χ2v) is 2.38. The van der Waals surface area contributed by atoms with Gasteiger partial charge in [0.1, 0.15) is 6.33 Å². The van der Waals surface area contributed by atoms with Gasteiger partial charge < -0.3 is 5.32 Å². The Morgan fingerprint density at radius 3 is 3.08 bits per heavy atom.